The Bertz CT molecular complexity index is 1400. The molecule has 0 aliphatic rings. The predicted molar refractivity (Wildman–Crippen MR) is 114 cm³/mol. The zero-order chi connectivity index (χ0) is 21.4. The fraction of sp³-hybridized carbons (Fsp3) is 0.125. The summed E-state index contributed by atoms with van der Waals surface area (Å²) in [6.07, 6.45) is 0. The maximum atomic E-state index is 13.3. The maximum absolute atomic E-state index is 13.3. The summed E-state index contributed by atoms with van der Waals surface area (Å²) in [6, 6.07) is 17.2. The number of halogens is 1. The summed E-state index contributed by atoms with van der Waals surface area (Å²) in [5.41, 5.74) is 2.06. The maximum Gasteiger partial charge on any atom is 0.336 e. The number of rotatable bonds is 4. The number of Topliss-reactive ketones (excluding diaryl/α,β-unsaturated/α-hetero) is 1. The highest BCUT2D eigenvalue weighted by Gasteiger charge is 2.17. The molecule has 0 N–H and O–H groups in total. The smallest absolute Gasteiger partial charge is 0.292 e. The third kappa shape index (κ3) is 3.37. The molecule has 0 amide bonds. The lowest BCUT2D eigenvalue weighted by Gasteiger charge is -2.14. The molecule has 0 aliphatic carbocycles. The first-order chi connectivity index (χ1) is 14.4. The van der Waals surface area contributed by atoms with Gasteiger partial charge in [-0.25, -0.2) is 13.8 Å². The van der Waals surface area contributed by atoms with Crippen LogP contribution in [0.1, 0.15) is 21.5 Å². The Balaban J connectivity index is 1.94. The lowest BCUT2D eigenvalue weighted by molar-refractivity contribution is 0.0971. The summed E-state index contributed by atoms with van der Waals surface area (Å²) in [5.74, 6) is -0.801. The molecule has 0 spiro atoms. The highest BCUT2D eigenvalue weighted by atomic mass is 19.1. The number of fused-ring (bicyclic) bond motifs is 1. The minimum absolute atomic E-state index is 0.268. The zero-order valence-corrected chi connectivity index (χ0v) is 16.6. The lowest BCUT2D eigenvalue weighted by atomic mass is 10.1. The Morgan fingerprint density at radius 2 is 1.60 bits per heavy atom. The van der Waals surface area contributed by atoms with E-state index in [1.807, 2.05) is 19.9 Å². The number of nitrogens with zero attached hydrogens (tertiary/aromatic N) is 2. The van der Waals surface area contributed by atoms with Gasteiger partial charge in [0.25, 0.3) is 5.56 Å². The Morgan fingerprint density at radius 1 is 0.900 bits per heavy atom. The standard InChI is InChI=1S/C24H19FN2O3/c1-15-7-12-19(13-16(15)2)27-23(29)20-5-3-4-6-21(20)26(24(27)30)14-22(28)17-8-10-18(25)11-9-17/h3-13H,14H2,1-2H3. The lowest BCUT2D eigenvalue weighted by Crippen LogP contribution is -2.40. The Labute approximate surface area is 171 Å². The first-order valence-corrected chi connectivity index (χ1v) is 9.48. The van der Waals surface area contributed by atoms with Gasteiger partial charge in [0.05, 0.1) is 23.1 Å². The summed E-state index contributed by atoms with van der Waals surface area (Å²) in [4.78, 5) is 39.2. The molecule has 6 heteroatoms. The molecule has 0 atom stereocenters. The normalized spacial score (nSPS) is 11.0. The first kappa shape index (κ1) is 19.5. The summed E-state index contributed by atoms with van der Waals surface area (Å²) in [7, 11) is 0. The van der Waals surface area contributed by atoms with E-state index < -0.39 is 17.1 Å². The van der Waals surface area contributed by atoms with Gasteiger partial charge in [0, 0.05) is 5.56 Å². The van der Waals surface area contributed by atoms with Crippen molar-refractivity contribution in [2.24, 2.45) is 0 Å². The topological polar surface area (TPSA) is 61.1 Å². The van der Waals surface area contributed by atoms with Crippen LogP contribution >= 0.6 is 0 Å². The van der Waals surface area contributed by atoms with Gasteiger partial charge in [-0.05, 0) is 73.5 Å². The average molecular weight is 402 g/mol. The van der Waals surface area contributed by atoms with Gasteiger partial charge < -0.3 is 0 Å². The van der Waals surface area contributed by atoms with E-state index in [1.165, 1.54) is 28.8 Å². The van der Waals surface area contributed by atoms with E-state index in [-0.39, 0.29) is 17.9 Å². The quantitative estimate of drug-likeness (QED) is 0.488. The highest BCUT2D eigenvalue weighted by molar-refractivity contribution is 5.96. The zero-order valence-electron chi connectivity index (χ0n) is 16.6. The minimum atomic E-state index is -0.600. The van der Waals surface area contributed by atoms with E-state index in [1.54, 1.807) is 36.4 Å². The third-order valence-electron chi connectivity index (χ3n) is 5.27. The van der Waals surface area contributed by atoms with Crippen molar-refractivity contribution in [3.05, 3.63) is 110 Å². The molecule has 0 saturated carbocycles. The summed E-state index contributed by atoms with van der Waals surface area (Å²) in [6.45, 7) is 3.58. The third-order valence-corrected chi connectivity index (χ3v) is 5.27. The van der Waals surface area contributed by atoms with Crippen molar-refractivity contribution >= 4 is 16.7 Å². The van der Waals surface area contributed by atoms with Crippen molar-refractivity contribution in [1.82, 2.24) is 9.13 Å². The van der Waals surface area contributed by atoms with E-state index in [0.29, 0.717) is 16.6 Å². The number of ketones is 1. The molecule has 0 fully saturated rings. The van der Waals surface area contributed by atoms with Gasteiger partial charge in [0.2, 0.25) is 0 Å². The van der Waals surface area contributed by atoms with Crippen LogP contribution in [0.4, 0.5) is 4.39 Å². The van der Waals surface area contributed by atoms with Crippen molar-refractivity contribution in [3.8, 4) is 5.69 Å². The fourth-order valence-electron chi connectivity index (χ4n) is 3.44. The first-order valence-electron chi connectivity index (χ1n) is 9.48. The predicted octanol–water partition coefficient (Wildman–Crippen LogP) is 3.79. The minimum Gasteiger partial charge on any atom is -0.292 e. The van der Waals surface area contributed by atoms with Crippen molar-refractivity contribution in [2.75, 3.05) is 0 Å². The largest absolute Gasteiger partial charge is 0.336 e. The van der Waals surface area contributed by atoms with Crippen LogP contribution in [0.5, 0.6) is 0 Å². The van der Waals surface area contributed by atoms with Crippen LogP contribution in [-0.4, -0.2) is 14.9 Å². The molecule has 3 aromatic carbocycles. The van der Waals surface area contributed by atoms with Crippen LogP contribution in [0.25, 0.3) is 16.6 Å². The Hall–Kier alpha value is -3.80. The molecule has 0 bridgehead atoms. The molecular formula is C24H19FN2O3. The number of hydrogen-bond acceptors (Lipinski definition) is 3. The molecule has 30 heavy (non-hydrogen) atoms. The molecule has 1 heterocycles. The molecule has 150 valence electrons. The number of carbonyl (C=O) groups is 1. The van der Waals surface area contributed by atoms with Crippen LogP contribution in [-0.2, 0) is 6.54 Å². The van der Waals surface area contributed by atoms with Gasteiger partial charge in [0.1, 0.15) is 5.82 Å². The van der Waals surface area contributed by atoms with Gasteiger partial charge in [-0.1, -0.05) is 18.2 Å². The molecule has 0 saturated heterocycles. The van der Waals surface area contributed by atoms with Crippen molar-refractivity contribution in [2.45, 2.75) is 20.4 Å². The van der Waals surface area contributed by atoms with Crippen molar-refractivity contribution < 1.29 is 9.18 Å². The second kappa shape index (κ2) is 7.55. The number of benzene rings is 3. The van der Waals surface area contributed by atoms with Gasteiger partial charge in [-0.15, -0.1) is 0 Å². The van der Waals surface area contributed by atoms with E-state index in [0.717, 1.165) is 15.7 Å². The number of para-hydroxylation sites is 1. The second-order valence-electron chi connectivity index (χ2n) is 7.23. The number of hydrogen-bond donors (Lipinski definition) is 0. The van der Waals surface area contributed by atoms with Gasteiger partial charge in [0.15, 0.2) is 5.78 Å². The number of aromatic nitrogens is 2. The molecule has 5 nitrogen and oxygen atoms in total. The fourth-order valence-corrected chi connectivity index (χ4v) is 3.44. The molecular weight excluding hydrogens is 383 g/mol. The molecule has 0 unspecified atom stereocenters. The van der Waals surface area contributed by atoms with Crippen molar-refractivity contribution in [1.29, 1.82) is 0 Å². The number of carbonyl (C=O) groups excluding carboxylic acids is 1. The summed E-state index contributed by atoms with van der Waals surface area (Å²) in [5, 5.41) is 0.335. The van der Waals surface area contributed by atoms with E-state index in [2.05, 4.69) is 0 Å². The Morgan fingerprint density at radius 3 is 2.30 bits per heavy atom. The summed E-state index contributed by atoms with van der Waals surface area (Å²) < 4.78 is 15.6. The van der Waals surface area contributed by atoms with E-state index in [9.17, 15) is 18.8 Å². The summed E-state index contributed by atoms with van der Waals surface area (Å²) >= 11 is 0. The molecule has 4 rings (SSSR count). The Kier molecular flexibility index (Phi) is 4.91. The van der Waals surface area contributed by atoms with Crippen LogP contribution < -0.4 is 11.2 Å². The molecule has 4 aromatic rings. The number of aryl methyl sites for hydroxylation is 2. The molecule has 0 radical (unpaired) electrons. The van der Waals surface area contributed by atoms with Crippen molar-refractivity contribution in [3.63, 3.8) is 0 Å². The van der Waals surface area contributed by atoms with E-state index >= 15 is 0 Å². The van der Waals surface area contributed by atoms with Crippen LogP contribution in [0.15, 0.2) is 76.3 Å². The van der Waals surface area contributed by atoms with Gasteiger partial charge >= 0.3 is 5.69 Å². The molecule has 1 aromatic heterocycles. The highest BCUT2D eigenvalue weighted by Crippen LogP contribution is 2.14. The van der Waals surface area contributed by atoms with E-state index in [4.69, 9.17) is 0 Å². The van der Waals surface area contributed by atoms with Gasteiger partial charge in [-0.3, -0.25) is 14.2 Å². The second-order valence-corrected chi connectivity index (χ2v) is 7.23. The van der Waals surface area contributed by atoms with Crippen LogP contribution in [0, 0.1) is 19.7 Å². The van der Waals surface area contributed by atoms with Crippen LogP contribution in [0.2, 0.25) is 0 Å². The average Bonchev–Trinajstić information content (AvgIpc) is 2.74. The SMILES string of the molecule is Cc1ccc(-n2c(=O)c3ccccc3n(CC(=O)c3ccc(F)cc3)c2=O)cc1C. The van der Waals surface area contributed by atoms with Gasteiger partial charge in [-0.2, -0.15) is 0 Å². The van der Waals surface area contributed by atoms with Crippen LogP contribution in [0.3, 0.4) is 0 Å². The molecule has 0 aliphatic heterocycles. The monoisotopic (exact) mass is 402 g/mol.